The molecule has 0 aromatic carbocycles. The zero-order valence-corrected chi connectivity index (χ0v) is 9.78. The molecule has 2 nitrogen and oxygen atoms in total. The van der Waals surface area contributed by atoms with Crippen molar-refractivity contribution < 1.29 is 9.90 Å². The molecular formula is C13H22O2. The molecule has 0 saturated carbocycles. The number of aliphatic hydroxyl groups excluding tert-OH is 1. The molecular weight excluding hydrogens is 188 g/mol. The molecule has 0 aromatic rings. The van der Waals surface area contributed by atoms with Gasteiger partial charge in [-0.25, -0.2) is 0 Å². The Kier molecular flexibility index (Phi) is 5.03. The molecule has 1 aliphatic rings. The maximum absolute atomic E-state index is 11.8. The van der Waals surface area contributed by atoms with Crippen molar-refractivity contribution in [1.82, 2.24) is 0 Å². The molecule has 1 N–H and O–H groups in total. The monoisotopic (exact) mass is 210 g/mol. The molecule has 0 heterocycles. The van der Waals surface area contributed by atoms with Crippen molar-refractivity contribution in [3.8, 4) is 0 Å². The van der Waals surface area contributed by atoms with Crippen molar-refractivity contribution in [3.05, 3.63) is 12.2 Å². The first-order valence-corrected chi connectivity index (χ1v) is 5.98. The first-order chi connectivity index (χ1) is 7.11. The predicted octanol–water partition coefficient (Wildman–Crippen LogP) is 2.71. The summed E-state index contributed by atoms with van der Waals surface area (Å²) in [6.45, 7) is 4.22. The Balaban J connectivity index is 2.34. The van der Waals surface area contributed by atoms with Crippen LogP contribution in [0.5, 0.6) is 0 Å². The van der Waals surface area contributed by atoms with E-state index in [1.165, 1.54) is 0 Å². The molecule has 0 aromatic heterocycles. The number of carbonyl (C=O) groups is 1. The zero-order valence-electron chi connectivity index (χ0n) is 9.78. The lowest BCUT2D eigenvalue weighted by Crippen LogP contribution is -2.29. The highest BCUT2D eigenvalue weighted by atomic mass is 16.3. The van der Waals surface area contributed by atoms with Gasteiger partial charge in [-0.05, 0) is 38.0 Å². The molecule has 2 unspecified atom stereocenters. The molecule has 1 rings (SSSR count). The van der Waals surface area contributed by atoms with Crippen LogP contribution in [0.1, 0.15) is 46.0 Å². The summed E-state index contributed by atoms with van der Waals surface area (Å²) >= 11 is 0. The quantitative estimate of drug-likeness (QED) is 0.708. The van der Waals surface area contributed by atoms with Crippen molar-refractivity contribution in [2.45, 2.75) is 52.1 Å². The summed E-state index contributed by atoms with van der Waals surface area (Å²) in [6.07, 6.45) is 7.69. The lowest BCUT2D eigenvalue weighted by Gasteiger charge is -2.20. The zero-order chi connectivity index (χ0) is 11.3. The molecule has 0 saturated heterocycles. The fourth-order valence-corrected chi connectivity index (χ4v) is 1.96. The van der Waals surface area contributed by atoms with Crippen LogP contribution in [0.25, 0.3) is 0 Å². The minimum Gasteiger partial charge on any atom is -0.385 e. The molecule has 0 radical (unpaired) electrons. The second-order valence-corrected chi connectivity index (χ2v) is 4.87. The molecule has 0 bridgehead atoms. The molecule has 2 atom stereocenters. The fourth-order valence-electron chi connectivity index (χ4n) is 1.96. The topological polar surface area (TPSA) is 37.3 Å². The van der Waals surface area contributed by atoms with Crippen molar-refractivity contribution in [2.24, 2.45) is 11.8 Å². The van der Waals surface area contributed by atoms with Crippen LogP contribution in [0, 0.1) is 11.8 Å². The van der Waals surface area contributed by atoms with E-state index >= 15 is 0 Å². The summed E-state index contributed by atoms with van der Waals surface area (Å²) in [5.41, 5.74) is 0. The second kappa shape index (κ2) is 6.06. The normalized spacial score (nSPS) is 23.1. The molecule has 86 valence electrons. The van der Waals surface area contributed by atoms with Crippen molar-refractivity contribution in [2.75, 3.05) is 0 Å². The van der Waals surface area contributed by atoms with Gasteiger partial charge in [0, 0.05) is 5.92 Å². The number of aliphatic hydroxyl groups is 1. The van der Waals surface area contributed by atoms with E-state index in [9.17, 15) is 9.90 Å². The number of carbonyl (C=O) groups excluding carboxylic acids is 1. The number of hydrogen-bond donors (Lipinski definition) is 1. The van der Waals surface area contributed by atoms with Gasteiger partial charge in [-0.1, -0.05) is 26.0 Å². The molecule has 15 heavy (non-hydrogen) atoms. The number of ketones is 1. The van der Waals surface area contributed by atoms with Crippen LogP contribution in [0.15, 0.2) is 12.2 Å². The minimum absolute atomic E-state index is 0.0556. The lowest BCUT2D eigenvalue weighted by molar-refractivity contribution is -0.131. The van der Waals surface area contributed by atoms with E-state index in [1.54, 1.807) is 0 Å². The van der Waals surface area contributed by atoms with E-state index in [2.05, 4.69) is 26.0 Å². The van der Waals surface area contributed by atoms with E-state index in [0.29, 0.717) is 12.3 Å². The van der Waals surface area contributed by atoms with Gasteiger partial charge in [-0.3, -0.25) is 4.79 Å². The molecule has 0 spiro atoms. The van der Waals surface area contributed by atoms with Crippen LogP contribution in [-0.2, 0) is 4.79 Å². The first-order valence-electron chi connectivity index (χ1n) is 5.98. The second-order valence-electron chi connectivity index (χ2n) is 4.87. The maximum Gasteiger partial charge on any atom is 0.164 e. The van der Waals surface area contributed by atoms with Gasteiger partial charge in [0.05, 0.1) is 0 Å². The van der Waals surface area contributed by atoms with Crippen LogP contribution >= 0.6 is 0 Å². The Bertz CT molecular complexity index is 231. The SMILES string of the molecule is CC(C)CCC(O)C(=O)C1CC=CCC1. The van der Waals surface area contributed by atoms with Crippen LogP contribution in [0.3, 0.4) is 0 Å². The highest BCUT2D eigenvalue weighted by molar-refractivity contribution is 5.85. The number of hydrogen-bond acceptors (Lipinski definition) is 2. The highest BCUT2D eigenvalue weighted by Gasteiger charge is 2.24. The Morgan fingerprint density at radius 3 is 2.67 bits per heavy atom. The smallest absolute Gasteiger partial charge is 0.164 e. The van der Waals surface area contributed by atoms with Crippen molar-refractivity contribution in [1.29, 1.82) is 0 Å². The van der Waals surface area contributed by atoms with Gasteiger partial charge >= 0.3 is 0 Å². The van der Waals surface area contributed by atoms with Crippen LogP contribution in [-0.4, -0.2) is 17.0 Å². The van der Waals surface area contributed by atoms with E-state index in [0.717, 1.165) is 25.7 Å². The molecule has 2 heteroatoms. The van der Waals surface area contributed by atoms with E-state index < -0.39 is 6.10 Å². The summed E-state index contributed by atoms with van der Waals surface area (Å²) in [5, 5.41) is 9.75. The number of rotatable bonds is 5. The Labute approximate surface area is 92.4 Å². The third kappa shape index (κ3) is 4.17. The van der Waals surface area contributed by atoms with E-state index in [1.807, 2.05) is 0 Å². The maximum atomic E-state index is 11.8. The van der Waals surface area contributed by atoms with Crippen LogP contribution in [0.4, 0.5) is 0 Å². The van der Waals surface area contributed by atoms with Crippen LogP contribution < -0.4 is 0 Å². The standard InChI is InChI=1S/C13H22O2/c1-10(2)8-9-12(14)13(15)11-6-4-3-5-7-11/h3-4,10-12,14H,5-9H2,1-2H3. The van der Waals surface area contributed by atoms with Gasteiger partial charge in [-0.2, -0.15) is 0 Å². The van der Waals surface area contributed by atoms with E-state index in [4.69, 9.17) is 0 Å². The van der Waals surface area contributed by atoms with Gasteiger partial charge in [-0.15, -0.1) is 0 Å². The summed E-state index contributed by atoms with van der Waals surface area (Å²) in [5.74, 6) is 0.677. The molecule has 1 aliphatic carbocycles. The van der Waals surface area contributed by atoms with Gasteiger partial charge in [0.25, 0.3) is 0 Å². The van der Waals surface area contributed by atoms with Crippen molar-refractivity contribution >= 4 is 5.78 Å². The minimum atomic E-state index is -0.733. The third-order valence-corrected chi connectivity index (χ3v) is 3.02. The summed E-state index contributed by atoms with van der Waals surface area (Å²) in [4.78, 5) is 11.8. The number of Topliss-reactive ketones (excluding diaryl/α,β-unsaturated/α-hetero) is 1. The average Bonchev–Trinajstić information content (AvgIpc) is 2.26. The first kappa shape index (κ1) is 12.4. The third-order valence-electron chi connectivity index (χ3n) is 3.02. The highest BCUT2D eigenvalue weighted by Crippen LogP contribution is 2.22. The van der Waals surface area contributed by atoms with Gasteiger partial charge < -0.3 is 5.11 Å². The number of allylic oxidation sites excluding steroid dienone is 2. The molecule has 0 amide bonds. The van der Waals surface area contributed by atoms with E-state index in [-0.39, 0.29) is 11.7 Å². The molecule has 0 aliphatic heterocycles. The average molecular weight is 210 g/mol. The van der Waals surface area contributed by atoms with Gasteiger partial charge in [0.1, 0.15) is 6.10 Å². The lowest BCUT2D eigenvalue weighted by atomic mass is 9.86. The van der Waals surface area contributed by atoms with Crippen LogP contribution in [0.2, 0.25) is 0 Å². The summed E-state index contributed by atoms with van der Waals surface area (Å²) in [6, 6.07) is 0. The Hall–Kier alpha value is -0.630. The predicted molar refractivity (Wildman–Crippen MR) is 61.6 cm³/mol. The summed E-state index contributed by atoms with van der Waals surface area (Å²) in [7, 11) is 0. The van der Waals surface area contributed by atoms with Gasteiger partial charge in [0.15, 0.2) is 5.78 Å². The van der Waals surface area contributed by atoms with Gasteiger partial charge in [0.2, 0.25) is 0 Å². The van der Waals surface area contributed by atoms with Crippen molar-refractivity contribution in [3.63, 3.8) is 0 Å². The summed E-state index contributed by atoms with van der Waals surface area (Å²) < 4.78 is 0. The largest absolute Gasteiger partial charge is 0.385 e. The molecule has 0 fully saturated rings. The Morgan fingerprint density at radius 1 is 1.40 bits per heavy atom. The Morgan fingerprint density at radius 2 is 2.13 bits per heavy atom. The fraction of sp³-hybridized carbons (Fsp3) is 0.769.